The van der Waals surface area contributed by atoms with E-state index >= 15 is 0 Å². The molecule has 2 heterocycles. The monoisotopic (exact) mass is 808 g/mol. The summed E-state index contributed by atoms with van der Waals surface area (Å²) in [6.07, 6.45) is 2.64. The summed E-state index contributed by atoms with van der Waals surface area (Å²) in [5, 5.41) is 7.81. The van der Waals surface area contributed by atoms with Crippen molar-refractivity contribution < 1.29 is 0 Å². The molecule has 1 heteroatoms. The molecule has 0 radical (unpaired) electrons. The Morgan fingerprint density at radius 1 is 0.339 bits per heavy atom. The summed E-state index contributed by atoms with van der Waals surface area (Å²) in [7, 11) is -1.57. The molecule has 0 amide bonds. The second-order valence-electron chi connectivity index (χ2n) is 18.4. The maximum atomic E-state index is 2.67. The van der Waals surface area contributed by atoms with E-state index < -0.39 is 8.07 Å². The first-order valence-corrected chi connectivity index (χ1v) is 25.6. The standard InChI is InChI=1S/C61H48Si/c1-39-31-32-46(45-28-17-16-27-44(39)45)59-53-35-49(40-19-8-4-9-20-40)51(42-23-12-6-13-24-42)37-55(53)60(48-30-18-29-47-57-33-34-58(61(47)48)62(57,2)3)56-38-52(43-25-14-7-15-26-43)50(36-54(56)59)41-21-10-5-11-22-41/h4-32,35-38,57-58H,33-34H2,1-3H3. The molecule has 1 fully saturated rings. The van der Waals surface area contributed by atoms with Crippen molar-refractivity contribution in [2.45, 2.75) is 43.9 Å². The Balaban J connectivity index is 1.34. The van der Waals surface area contributed by atoms with Gasteiger partial charge in [-0.3, -0.25) is 0 Å². The Labute approximate surface area is 366 Å². The molecule has 12 rings (SSSR count). The van der Waals surface area contributed by atoms with Crippen LogP contribution < -0.4 is 0 Å². The van der Waals surface area contributed by atoms with E-state index in [2.05, 4.69) is 220 Å². The van der Waals surface area contributed by atoms with Gasteiger partial charge in [-0.2, -0.15) is 0 Å². The lowest BCUT2D eigenvalue weighted by molar-refractivity contribution is 0.719. The summed E-state index contributed by atoms with van der Waals surface area (Å²) in [6, 6.07) is 75.7. The predicted octanol–water partition coefficient (Wildman–Crippen LogP) is 17.2. The fourth-order valence-electron chi connectivity index (χ4n) is 11.9. The molecule has 0 nitrogen and oxygen atoms in total. The Hall–Kier alpha value is -6.80. The van der Waals surface area contributed by atoms with Crippen LogP contribution in [0.5, 0.6) is 0 Å². The Morgan fingerprint density at radius 2 is 0.742 bits per heavy atom. The molecule has 10 aromatic rings. The average Bonchev–Trinajstić information content (AvgIpc) is 3.75. The van der Waals surface area contributed by atoms with Gasteiger partial charge < -0.3 is 0 Å². The van der Waals surface area contributed by atoms with E-state index in [0.29, 0.717) is 11.1 Å². The molecule has 0 N–H and O–H groups in total. The highest BCUT2D eigenvalue weighted by atomic mass is 28.3. The van der Waals surface area contributed by atoms with Crippen molar-refractivity contribution in [2.24, 2.45) is 0 Å². The average molecular weight is 809 g/mol. The molecule has 2 unspecified atom stereocenters. The van der Waals surface area contributed by atoms with Gasteiger partial charge in [0.05, 0.1) is 8.07 Å². The summed E-state index contributed by atoms with van der Waals surface area (Å²) in [4.78, 5) is 0. The smallest absolute Gasteiger partial charge is 0.0628 e. The zero-order valence-electron chi connectivity index (χ0n) is 35.6. The molecule has 2 atom stereocenters. The molecule has 2 aliphatic rings. The van der Waals surface area contributed by atoms with Gasteiger partial charge in [0.25, 0.3) is 0 Å². The van der Waals surface area contributed by atoms with E-state index in [9.17, 15) is 0 Å². The lowest BCUT2D eigenvalue weighted by Gasteiger charge is -2.26. The van der Waals surface area contributed by atoms with Gasteiger partial charge in [0, 0.05) is 0 Å². The Morgan fingerprint density at radius 3 is 1.21 bits per heavy atom. The van der Waals surface area contributed by atoms with Crippen LogP contribution in [0, 0.1) is 6.92 Å². The van der Waals surface area contributed by atoms with Gasteiger partial charge in [0.1, 0.15) is 0 Å². The molecule has 1 saturated heterocycles. The van der Waals surface area contributed by atoms with E-state index in [0.717, 1.165) is 0 Å². The molecule has 2 aliphatic heterocycles. The minimum absolute atomic E-state index is 0.652. The van der Waals surface area contributed by atoms with Crippen LogP contribution in [-0.4, -0.2) is 8.07 Å². The third-order valence-electron chi connectivity index (χ3n) is 14.8. The summed E-state index contributed by atoms with van der Waals surface area (Å²) < 4.78 is 0. The van der Waals surface area contributed by atoms with E-state index in [-0.39, 0.29) is 0 Å². The molecule has 0 aromatic heterocycles. The summed E-state index contributed by atoms with van der Waals surface area (Å²) in [5.41, 5.74) is 21.3. The number of rotatable bonds is 6. The van der Waals surface area contributed by atoms with Gasteiger partial charge >= 0.3 is 0 Å². The summed E-state index contributed by atoms with van der Waals surface area (Å²) in [6.45, 7) is 7.58. The molecule has 0 saturated carbocycles. The summed E-state index contributed by atoms with van der Waals surface area (Å²) in [5.74, 6) is 0. The van der Waals surface area contributed by atoms with Crippen LogP contribution in [0.1, 0.15) is 40.6 Å². The second-order valence-corrected chi connectivity index (χ2v) is 23.4. The fourth-order valence-corrected chi connectivity index (χ4v) is 16.3. The van der Waals surface area contributed by atoms with E-state index in [1.165, 1.54) is 117 Å². The van der Waals surface area contributed by atoms with Crippen molar-refractivity contribution in [1.82, 2.24) is 0 Å². The largest absolute Gasteiger partial charge is 0.0684 e. The molecular formula is C61H48Si. The third kappa shape index (κ3) is 5.65. The fraction of sp³-hybridized carbons (Fsp3) is 0.115. The predicted molar refractivity (Wildman–Crippen MR) is 269 cm³/mol. The normalized spacial score (nSPS) is 16.3. The van der Waals surface area contributed by atoms with Crippen LogP contribution in [0.25, 0.3) is 99.1 Å². The maximum absolute atomic E-state index is 2.67. The highest BCUT2D eigenvalue weighted by Crippen LogP contribution is 2.61. The number of hydrogen-bond donors (Lipinski definition) is 0. The number of aryl methyl sites for hydroxylation is 1. The lowest BCUT2D eigenvalue weighted by atomic mass is 9.77. The van der Waals surface area contributed by atoms with Crippen molar-refractivity contribution in [3.63, 3.8) is 0 Å². The highest BCUT2D eigenvalue weighted by molar-refractivity contribution is 6.82. The van der Waals surface area contributed by atoms with Crippen molar-refractivity contribution in [2.75, 3.05) is 0 Å². The molecule has 0 spiro atoms. The van der Waals surface area contributed by atoms with Crippen molar-refractivity contribution in [1.29, 1.82) is 0 Å². The number of fused-ring (bicyclic) bond motifs is 8. The Bertz CT molecular complexity index is 3220. The maximum Gasteiger partial charge on any atom is 0.0628 e. The minimum atomic E-state index is -1.57. The lowest BCUT2D eigenvalue weighted by Crippen LogP contribution is -2.30. The van der Waals surface area contributed by atoms with Crippen molar-refractivity contribution in [3.8, 4) is 66.8 Å². The van der Waals surface area contributed by atoms with E-state index in [1.54, 1.807) is 11.1 Å². The van der Waals surface area contributed by atoms with Gasteiger partial charge in [0.2, 0.25) is 0 Å². The number of benzene rings is 10. The Kier molecular flexibility index (Phi) is 8.59. The first kappa shape index (κ1) is 37.0. The van der Waals surface area contributed by atoms with Crippen LogP contribution in [0.15, 0.2) is 200 Å². The quantitative estimate of drug-likeness (QED) is 0.116. The van der Waals surface area contributed by atoms with Gasteiger partial charge in [-0.1, -0.05) is 189 Å². The molecular weight excluding hydrogens is 761 g/mol. The first-order valence-electron chi connectivity index (χ1n) is 22.4. The van der Waals surface area contributed by atoms with Crippen LogP contribution in [0.2, 0.25) is 13.1 Å². The zero-order chi connectivity index (χ0) is 41.5. The van der Waals surface area contributed by atoms with Crippen molar-refractivity contribution in [3.05, 3.63) is 217 Å². The number of hydrogen-bond acceptors (Lipinski definition) is 0. The molecule has 10 aromatic carbocycles. The van der Waals surface area contributed by atoms with Gasteiger partial charge in [-0.05, 0) is 171 Å². The molecule has 62 heavy (non-hydrogen) atoms. The van der Waals surface area contributed by atoms with Crippen LogP contribution in [0.4, 0.5) is 0 Å². The van der Waals surface area contributed by atoms with Crippen LogP contribution >= 0.6 is 0 Å². The third-order valence-corrected chi connectivity index (χ3v) is 19.6. The van der Waals surface area contributed by atoms with Crippen LogP contribution in [-0.2, 0) is 0 Å². The van der Waals surface area contributed by atoms with Crippen LogP contribution in [0.3, 0.4) is 0 Å². The van der Waals surface area contributed by atoms with E-state index in [4.69, 9.17) is 0 Å². The molecule has 2 bridgehead atoms. The second kappa shape index (κ2) is 14.4. The van der Waals surface area contributed by atoms with E-state index in [1.807, 2.05) is 0 Å². The SMILES string of the molecule is Cc1ccc(-c2c3cc(-c4ccccc4)c(-c4ccccc4)cc3c(-c3cccc4c3C3CCC4[Si]3(C)C)c3cc(-c4ccccc4)c(-c4ccccc4)cc23)c2ccccc12. The van der Waals surface area contributed by atoms with Gasteiger partial charge in [-0.25, -0.2) is 0 Å². The highest BCUT2D eigenvalue weighted by Gasteiger charge is 2.53. The first-order chi connectivity index (χ1) is 30.5. The van der Waals surface area contributed by atoms with Gasteiger partial charge in [0.15, 0.2) is 0 Å². The van der Waals surface area contributed by atoms with Gasteiger partial charge in [-0.15, -0.1) is 0 Å². The molecule has 296 valence electrons. The summed E-state index contributed by atoms with van der Waals surface area (Å²) >= 11 is 0. The topological polar surface area (TPSA) is 0 Å². The van der Waals surface area contributed by atoms with Crippen molar-refractivity contribution >= 4 is 40.4 Å². The molecule has 0 aliphatic carbocycles. The minimum Gasteiger partial charge on any atom is -0.0684 e. The zero-order valence-corrected chi connectivity index (χ0v) is 36.6.